The van der Waals surface area contributed by atoms with E-state index in [9.17, 15) is 9.59 Å². The van der Waals surface area contributed by atoms with Crippen LogP contribution in [-0.2, 0) is 9.53 Å². The van der Waals surface area contributed by atoms with Crippen LogP contribution in [0.5, 0.6) is 0 Å². The topological polar surface area (TPSA) is 94.3 Å². The number of methoxy groups -OCH3 is 1. The minimum Gasteiger partial charge on any atom is -0.467 e. The third-order valence-corrected chi connectivity index (χ3v) is 3.73. The normalized spacial score (nSPS) is 11.6. The summed E-state index contributed by atoms with van der Waals surface area (Å²) in [7, 11) is 1.22. The lowest BCUT2D eigenvalue weighted by molar-refractivity contribution is -0.143. The second kappa shape index (κ2) is 7.60. The number of aromatic nitrogens is 2. The smallest absolute Gasteiger partial charge is 0.338 e. The van der Waals surface area contributed by atoms with Crippen molar-refractivity contribution in [1.82, 2.24) is 15.5 Å². The van der Waals surface area contributed by atoms with E-state index in [2.05, 4.69) is 15.5 Å². The molecule has 0 aliphatic rings. The highest BCUT2D eigenvalue weighted by Crippen LogP contribution is 2.22. The molecule has 3 rings (SSSR count). The monoisotopic (exact) mass is 351 g/mol. The number of ether oxygens (including phenoxy) is 1. The van der Waals surface area contributed by atoms with E-state index in [0.29, 0.717) is 11.1 Å². The van der Waals surface area contributed by atoms with E-state index in [1.165, 1.54) is 7.11 Å². The number of hydrogen-bond acceptors (Lipinski definition) is 6. The Morgan fingerprint density at radius 2 is 1.73 bits per heavy atom. The van der Waals surface area contributed by atoms with Crippen molar-refractivity contribution in [2.45, 2.75) is 13.0 Å². The van der Waals surface area contributed by atoms with Gasteiger partial charge in [-0.15, -0.1) is 10.2 Å². The number of carbonyl (C=O) groups excluding carboxylic acids is 2. The molecule has 1 N–H and O–H groups in total. The highest BCUT2D eigenvalue weighted by Gasteiger charge is 2.30. The van der Waals surface area contributed by atoms with Crippen LogP contribution in [0.4, 0.5) is 0 Å². The second-order valence-electron chi connectivity index (χ2n) is 5.61. The van der Waals surface area contributed by atoms with Crippen molar-refractivity contribution >= 4 is 11.9 Å². The summed E-state index contributed by atoms with van der Waals surface area (Å²) in [5, 5.41) is 10.4. The van der Waals surface area contributed by atoms with E-state index >= 15 is 0 Å². The fourth-order valence-electron chi connectivity index (χ4n) is 2.31. The van der Waals surface area contributed by atoms with Gasteiger partial charge in [-0.3, -0.25) is 4.79 Å². The molecule has 0 aliphatic carbocycles. The number of rotatable bonds is 5. The van der Waals surface area contributed by atoms with Crippen LogP contribution in [0, 0.1) is 6.92 Å². The average Bonchev–Trinajstić information content (AvgIpc) is 3.16. The standard InChI is InChI=1S/C19H17N3O4/c1-12-8-10-14(11-9-12)17-21-22-18(26-17)15(19(24)25-2)20-16(23)13-6-4-3-5-7-13/h3-11,15H,1-2H3,(H,20,23). The number of nitrogens with one attached hydrogen (secondary N) is 1. The third kappa shape index (κ3) is 3.77. The van der Waals surface area contributed by atoms with Crippen molar-refractivity contribution in [3.05, 3.63) is 71.6 Å². The van der Waals surface area contributed by atoms with Crippen molar-refractivity contribution in [1.29, 1.82) is 0 Å². The van der Waals surface area contributed by atoms with E-state index < -0.39 is 17.9 Å². The molecule has 0 saturated carbocycles. The Bertz CT molecular complexity index is 904. The molecule has 7 heteroatoms. The zero-order valence-corrected chi connectivity index (χ0v) is 14.3. The van der Waals surface area contributed by atoms with Crippen molar-refractivity contribution < 1.29 is 18.7 Å². The SMILES string of the molecule is COC(=O)C(NC(=O)c1ccccc1)c1nnc(-c2ccc(C)cc2)o1. The number of esters is 1. The van der Waals surface area contributed by atoms with Crippen LogP contribution in [-0.4, -0.2) is 29.2 Å². The van der Waals surface area contributed by atoms with Crippen LogP contribution in [0.25, 0.3) is 11.5 Å². The molecule has 2 aromatic carbocycles. The lowest BCUT2D eigenvalue weighted by atomic mass is 10.1. The molecule has 132 valence electrons. The summed E-state index contributed by atoms with van der Waals surface area (Å²) < 4.78 is 10.3. The maximum atomic E-state index is 12.4. The molecule has 1 heterocycles. The minimum absolute atomic E-state index is 0.0447. The number of hydrogen-bond donors (Lipinski definition) is 1. The van der Waals surface area contributed by atoms with Crippen molar-refractivity contribution in [2.24, 2.45) is 0 Å². The second-order valence-corrected chi connectivity index (χ2v) is 5.61. The summed E-state index contributed by atoms with van der Waals surface area (Å²) in [5.74, 6) is -0.941. The lowest BCUT2D eigenvalue weighted by Gasteiger charge is -2.12. The van der Waals surface area contributed by atoms with Crippen molar-refractivity contribution in [3.8, 4) is 11.5 Å². The van der Waals surface area contributed by atoms with E-state index in [-0.39, 0.29) is 11.8 Å². The minimum atomic E-state index is -1.19. The molecule has 0 spiro atoms. The van der Waals surface area contributed by atoms with Gasteiger partial charge in [0, 0.05) is 11.1 Å². The Morgan fingerprint density at radius 1 is 1.04 bits per heavy atom. The van der Waals surface area contributed by atoms with E-state index in [4.69, 9.17) is 9.15 Å². The van der Waals surface area contributed by atoms with Gasteiger partial charge < -0.3 is 14.5 Å². The van der Waals surface area contributed by atoms with E-state index in [1.807, 2.05) is 31.2 Å². The van der Waals surface area contributed by atoms with Gasteiger partial charge in [-0.1, -0.05) is 35.9 Å². The molecular formula is C19H17N3O4. The summed E-state index contributed by atoms with van der Waals surface area (Å²) in [6, 6.07) is 14.8. The van der Waals surface area contributed by atoms with Crippen molar-refractivity contribution in [3.63, 3.8) is 0 Å². The first-order chi connectivity index (χ1) is 12.6. The molecule has 0 aliphatic heterocycles. The molecule has 1 unspecified atom stereocenters. The molecule has 3 aromatic rings. The summed E-state index contributed by atoms with van der Waals surface area (Å²) in [6.45, 7) is 1.97. The van der Waals surface area contributed by atoms with Gasteiger partial charge in [-0.25, -0.2) is 4.79 Å². The quantitative estimate of drug-likeness (QED) is 0.710. The zero-order chi connectivity index (χ0) is 18.5. The van der Waals surface area contributed by atoms with E-state index in [1.54, 1.807) is 30.3 Å². The highest BCUT2D eigenvalue weighted by atomic mass is 16.5. The molecule has 0 fully saturated rings. The molecule has 0 saturated heterocycles. The van der Waals surface area contributed by atoms with Gasteiger partial charge in [-0.05, 0) is 31.2 Å². The van der Waals surface area contributed by atoms with Gasteiger partial charge in [0.1, 0.15) is 0 Å². The fourth-order valence-corrected chi connectivity index (χ4v) is 2.31. The number of nitrogens with zero attached hydrogens (tertiary/aromatic N) is 2. The van der Waals surface area contributed by atoms with Gasteiger partial charge in [0.05, 0.1) is 7.11 Å². The Balaban J connectivity index is 1.85. The molecule has 0 bridgehead atoms. The fraction of sp³-hybridized carbons (Fsp3) is 0.158. The van der Waals surface area contributed by atoms with Crippen LogP contribution >= 0.6 is 0 Å². The van der Waals surface area contributed by atoms with Crippen LogP contribution < -0.4 is 5.32 Å². The summed E-state index contributed by atoms with van der Waals surface area (Å²) in [6.07, 6.45) is 0. The first-order valence-corrected chi connectivity index (χ1v) is 7.92. The summed E-state index contributed by atoms with van der Waals surface area (Å²) >= 11 is 0. The average molecular weight is 351 g/mol. The number of amides is 1. The maximum Gasteiger partial charge on any atom is 0.338 e. The van der Waals surface area contributed by atoms with Gasteiger partial charge in [0.25, 0.3) is 11.8 Å². The lowest BCUT2D eigenvalue weighted by Crippen LogP contribution is -2.34. The highest BCUT2D eigenvalue weighted by molar-refractivity contribution is 5.96. The van der Waals surface area contributed by atoms with Crippen LogP contribution in [0.3, 0.4) is 0 Å². The van der Waals surface area contributed by atoms with E-state index in [0.717, 1.165) is 5.56 Å². The molecular weight excluding hydrogens is 334 g/mol. The van der Waals surface area contributed by atoms with Gasteiger partial charge >= 0.3 is 5.97 Å². The number of aryl methyl sites for hydroxylation is 1. The molecule has 0 radical (unpaired) electrons. The maximum absolute atomic E-state index is 12.4. The summed E-state index contributed by atoms with van der Waals surface area (Å²) in [5.41, 5.74) is 2.21. The molecule has 7 nitrogen and oxygen atoms in total. The van der Waals surface area contributed by atoms with Crippen LogP contribution in [0.2, 0.25) is 0 Å². The first kappa shape index (κ1) is 17.3. The predicted octanol–water partition coefficient (Wildman–Crippen LogP) is 2.69. The van der Waals surface area contributed by atoms with Crippen LogP contribution in [0.15, 0.2) is 59.0 Å². The van der Waals surface area contributed by atoms with Crippen LogP contribution in [0.1, 0.15) is 27.9 Å². The Morgan fingerprint density at radius 3 is 2.38 bits per heavy atom. The first-order valence-electron chi connectivity index (χ1n) is 7.92. The molecule has 1 amide bonds. The number of carbonyl (C=O) groups is 2. The Labute approximate surface area is 150 Å². The summed E-state index contributed by atoms with van der Waals surface area (Å²) in [4.78, 5) is 24.5. The zero-order valence-electron chi connectivity index (χ0n) is 14.3. The van der Waals surface area contributed by atoms with Gasteiger partial charge in [0.15, 0.2) is 0 Å². The molecule has 26 heavy (non-hydrogen) atoms. The largest absolute Gasteiger partial charge is 0.467 e. The third-order valence-electron chi connectivity index (χ3n) is 3.73. The predicted molar refractivity (Wildman–Crippen MR) is 93.1 cm³/mol. The van der Waals surface area contributed by atoms with Crippen molar-refractivity contribution in [2.75, 3.05) is 7.11 Å². The van der Waals surface area contributed by atoms with Gasteiger partial charge in [-0.2, -0.15) is 0 Å². The molecule has 1 aromatic heterocycles. The molecule has 1 atom stereocenters. The Kier molecular flexibility index (Phi) is 5.07. The Hall–Kier alpha value is -3.48. The number of benzene rings is 2. The van der Waals surface area contributed by atoms with Gasteiger partial charge in [0.2, 0.25) is 11.9 Å².